The van der Waals surface area contributed by atoms with Gasteiger partial charge >= 0.3 is 6.18 Å². The van der Waals surface area contributed by atoms with Gasteiger partial charge in [0, 0.05) is 12.1 Å². The number of carbonyl (C=O) groups excluding carboxylic acids is 1. The van der Waals surface area contributed by atoms with Crippen LogP contribution in [0.2, 0.25) is 0 Å². The minimum atomic E-state index is -4.56. The third-order valence-electron chi connectivity index (χ3n) is 5.05. The fourth-order valence-electron chi connectivity index (χ4n) is 3.51. The van der Waals surface area contributed by atoms with E-state index in [-0.39, 0.29) is 18.7 Å². The SMILES string of the molecule is COc1ccc(CC(=O)N[C@H]2[C@H](O)[C@H](O)C[C@@H]2c2ccc(C(F)(F)F)nc2)cc1. The number of aromatic nitrogens is 1. The number of carbonyl (C=O) groups is 1. The molecular formula is C20H21F3N2O4. The Morgan fingerprint density at radius 2 is 1.90 bits per heavy atom. The van der Waals surface area contributed by atoms with Crippen LogP contribution in [0.3, 0.4) is 0 Å². The van der Waals surface area contributed by atoms with Crippen molar-refractivity contribution in [2.45, 2.75) is 43.2 Å². The zero-order valence-corrected chi connectivity index (χ0v) is 15.6. The lowest BCUT2D eigenvalue weighted by Crippen LogP contribution is -2.45. The van der Waals surface area contributed by atoms with E-state index >= 15 is 0 Å². The van der Waals surface area contributed by atoms with Crippen molar-refractivity contribution in [2.75, 3.05) is 7.11 Å². The maximum atomic E-state index is 12.7. The number of aliphatic hydroxyl groups excluding tert-OH is 2. The van der Waals surface area contributed by atoms with Crippen LogP contribution in [0.4, 0.5) is 13.2 Å². The van der Waals surface area contributed by atoms with Gasteiger partial charge in [0.2, 0.25) is 5.91 Å². The van der Waals surface area contributed by atoms with Gasteiger partial charge in [-0.25, -0.2) is 0 Å². The highest BCUT2D eigenvalue weighted by Gasteiger charge is 2.43. The Bertz CT molecular complexity index is 840. The quantitative estimate of drug-likeness (QED) is 0.702. The van der Waals surface area contributed by atoms with Gasteiger partial charge in [0.15, 0.2) is 0 Å². The monoisotopic (exact) mass is 410 g/mol. The first-order chi connectivity index (χ1) is 13.7. The first-order valence-corrected chi connectivity index (χ1v) is 9.00. The lowest BCUT2D eigenvalue weighted by atomic mass is 9.94. The Balaban J connectivity index is 1.72. The van der Waals surface area contributed by atoms with E-state index in [2.05, 4.69) is 10.3 Å². The maximum absolute atomic E-state index is 12.7. The average Bonchev–Trinajstić information content (AvgIpc) is 2.96. The summed E-state index contributed by atoms with van der Waals surface area (Å²) >= 11 is 0. The van der Waals surface area contributed by atoms with Gasteiger partial charge in [-0.2, -0.15) is 13.2 Å². The van der Waals surface area contributed by atoms with Crippen LogP contribution in [0.25, 0.3) is 0 Å². The molecule has 0 bridgehead atoms. The van der Waals surface area contributed by atoms with Gasteiger partial charge in [0.25, 0.3) is 0 Å². The van der Waals surface area contributed by atoms with Gasteiger partial charge in [0.1, 0.15) is 17.5 Å². The summed E-state index contributed by atoms with van der Waals surface area (Å²) in [7, 11) is 1.53. The van der Waals surface area contributed by atoms with Gasteiger partial charge in [-0.3, -0.25) is 9.78 Å². The van der Waals surface area contributed by atoms with E-state index in [1.165, 1.54) is 13.2 Å². The number of ether oxygens (including phenoxy) is 1. The molecule has 1 aliphatic rings. The van der Waals surface area contributed by atoms with Crippen LogP contribution in [0, 0.1) is 0 Å². The van der Waals surface area contributed by atoms with Gasteiger partial charge in [0.05, 0.1) is 25.7 Å². The summed E-state index contributed by atoms with van der Waals surface area (Å²) in [6.07, 6.45) is -5.68. The summed E-state index contributed by atoms with van der Waals surface area (Å²) in [6, 6.07) is 8.16. The normalized spacial score (nSPS) is 24.3. The van der Waals surface area contributed by atoms with Crippen LogP contribution in [-0.2, 0) is 17.4 Å². The molecule has 2 aromatic rings. The molecule has 3 rings (SSSR count). The number of methoxy groups -OCH3 is 1. The zero-order chi connectivity index (χ0) is 21.2. The fraction of sp³-hybridized carbons (Fsp3) is 0.400. The molecule has 3 N–H and O–H groups in total. The second-order valence-electron chi connectivity index (χ2n) is 6.99. The molecule has 156 valence electrons. The Labute approximate surface area is 165 Å². The minimum absolute atomic E-state index is 0.0429. The molecule has 0 spiro atoms. The summed E-state index contributed by atoms with van der Waals surface area (Å²) in [5.41, 5.74) is 0.105. The average molecular weight is 410 g/mol. The minimum Gasteiger partial charge on any atom is -0.497 e. The van der Waals surface area contributed by atoms with Crippen molar-refractivity contribution in [2.24, 2.45) is 0 Å². The molecule has 1 aromatic heterocycles. The maximum Gasteiger partial charge on any atom is 0.433 e. The van der Waals surface area contributed by atoms with E-state index in [9.17, 15) is 28.2 Å². The van der Waals surface area contributed by atoms with E-state index < -0.39 is 36.0 Å². The molecule has 1 aromatic carbocycles. The van der Waals surface area contributed by atoms with E-state index in [1.807, 2.05) is 0 Å². The summed E-state index contributed by atoms with van der Waals surface area (Å²) < 4.78 is 43.2. The van der Waals surface area contributed by atoms with Crippen LogP contribution in [0.1, 0.15) is 29.2 Å². The molecule has 0 unspecified atom stereocenters. The second-order valence-corrected chi connectivity index (χ2v) is 6.99. The predicted octanol–water partition coefficient (Wildman–Crippen LogP) is 2.05. The second kappa shape index (κ2) is 8.38. The molecule has 9 heteroatoms. The molecule has 1 heterocycles. The molecule has 4 atom stereocenters. The highest BCUT2D eigenvalue weighted by atomic mass is 19.4. The highest BCUT2D eigenvalue weighted by Crippen LogP contribution is 2.36. The van der Waals surface area contributed by atoms with Crippen LogP contribution >= 0.6 is 0 Å². The Morgan fingerprint density at radius 1 is 1.21 bits per heavy atom. The zero-order valence-electron chi connectivity index (χ0n) is 15.6. The number of amides is 1. The van der Waals surface area contributed by atoms with Crippen molar-refractivity contribution >= 4 is 5.91 Å². The van der Waals surface area contributed by atoms with Crippen LogP contribution < -0.4 is 10.1 Å². The van der Waals surface area contributed by atoms with Crippen molar-refractivity contribution < 1.29 is 32.9 Å². The molecule has 1 amide bonds. The van der Waals surface area contributed by atoms with Crippen LogP contribution in [-0.4, -0.2) is 46.5 Å². The number of nitrogens with zero attached hydrogens (tertiary/aromatic N) is 1. The molecule has 0 aliphatic heterocycles. The largest absolute Gasteiger partial charge is 0.497 e. The van der Waals surface area contributed by atoms with Gasteiger partial charge in [-0.1, -0.05) is 18.2 Å². The van der Waals surface area contributed by atoms with Gasteiger partial charge in [-0.05, 0) is 35.7 Å². The third-order valence-corrected chi connectivity index (χ3v) is 5.05. The van der Waals surface area contributed by atoms with Crippen molar-refractivity contribution in [3.8, 4) is 5.75 Å². The summed E-state index contributed by atoms with van der Waals surface area (Å²) in [5.74, 6) is -0.286. The topological polar surface area (TPSA) is 91.7 Å². The number of nitrogens with one attached hydrogen (secondary N) is 1. The summed E-state index contributed by atoms with van der Waals surface area (Å²) in [5, 5.41) is 23.0. The Hall–Kier alpha value is -2.65. The number of hydrogen-bond acceptors (Lipinski definition) is 5. The summed E-state index contributed by atoms with van der Waals surface area (Å²) in [4.78, 5) is 15.9. The molecule has 1 aliphatic carbocycles. The highest BCUT2D eigenvalue weighted by molar-refractivity contribution is 5.79. The van der Waals surface area contributed by atoms with Crippen molar-refractivity contribution in [3.05, 3.63) is 59.4 Å². The number of hydrogen-bond donors (Lipinski definition) is 3. The Morgan fingerprint density at radius 3 is 2.45 bits per heavy atom. The lowest BCUT2D eigenvalue weighted by molar-refractivity contribution is -0.141. The third kappa shape index (κ3) is 4.86. The number of pyridine rings is 1. The summed E-state index contributed by atoms with van der Waals surface area (Å²) in [6.45, 7) is 0. The number of halogens is 3. The van der Waals surface area contributed by atoms with Crippen LogP contribution in [0.5, 0.6) is 5.75 Å². The van der Waals surface area contributed by atoms with Crippen molar-refractivity contribution in [1.29, 1.82) is 0 Å². The molecule has 6 nitrogen and oxygen atoms in total. The number of benzene rings is 1. The van der Waals surface area contributed by atoms with Gasteiger partial charge < -0.3 is 20.3 Å². The molecule has 1 saturated carbocycles. The standard InChI is InChI=1S/C20H21F3N2O4/c1-29-13-5-2-11(3-6-13)8-17(27)25-18-14(9-15(26)19(18)28)12-4-7-16(24-10-12)20(21,22)23/h2-7,10,14-15,18-19,26,28H,8-9H2,1H3,(H,25,27)/t14-,15-,18-,19-/m1/s1. The van der Waals surface area contributed by atoms with Crippen molar-refractivity contribution in [3.63, 3.8) is 0 Å². The van der Waals surface area contributed by atoms with E-state index in [4.69, 9.17) is 4.74 Å². The lowest BCUT2D eigenvalue weighted by Gasteiger charge is -2.24. The fourth-order valence-corrected chi connectivity index (χ4v) is 3.51. The van der Waals surface area contributed by atoms with E-state index in [0.29, 0.717) is 11.3 Å². The van der Waals surface area contributed by atoms with Gasteiger partial charge in [-0.15, -0.1) is 0 Å². The molecule has 29 heavy (non-hydrogen) atoms. The van der Waals surface area contributed by atoms with E-state index in [0.717, 1.165) is 17.8 Å². The Kier molecular flexibility index (Phi) is 6.09. The predicted molar refractivity (Wildman–Crippen MR) is 97.2 cm³/mol. The van der Waals surface area contributed by atoms with Crippen molar-refractivity contribution in [1.82, 2.24) is 10.3 Å². The number of aliphatic hydroxyl groups is 2. The smallest absolute Gasteiger partial charge is 0.433 e. The van der Waals surface area contributed by atoms with Crippen LogP contribution in [0.15, 0.2) is 42.6 Å². The molecule has 1 fully saturated rings. The molecular weight excluding hydrogens is 389 g/mol. The number of rotatable bonds is 5. The van der Waals surface area contributed by atoms with E-state index in [1.54, 1.807) is 24.3 Å². The number of alkyl halides is 3. The first kappa shape index (κ1) is 21.1. The molecule has 0 saturated heterocycles. The first-order valence-electron chi connectivity index (χ1n) is 9.00. The molecule has 0 radical (unpaired) electrons.